The zero-order chi connectivity index (χ0) is 10.8. The number of amides is 1. The number of hydrogen-bond donors (Lipinski definition) is 1. The summed E-state index contributed by atoms with van der Waals surface area (Å²) in [6.07, 6.45) is 4.30. The summed E-state index contributed by atoms with van der Waals surface area (Å²) in [5.74, 6) is -0.277. The van der Waals surface area contributed by atoms with Gasteiger partial charge in [0.1, 0.15) is 0 Å². The van der Waals surface area contributed by atoms with E-state index < -0.39 is 6.23 Å². The lowest BCUT2D eigenvalue weighted by Gasteiger charge is -2.16. The second-order valence-electron chi connectivity index (χ2n) is 3.11. The van der Waals surface area contributed by atoms with Gasteiger partial charge in [-0.25, -0.2) is 0 Å². The van der Waals surface area contributed by atoms with Crippen molar-refractivity contribution < 1.29 is 14.3 Å². The van der Waals surface area contributed by atoms with E-state index in [1.165, 1.54) is 0 Å². The zero-order valence-electron chi connectivity index (χ0n) is 8.91. The average molecular weight is 201 g/mol. The molecule has 0 aliphatic rings. The first-order valence-corrected chi connectivity index (χ1v) is 5.13. The molecular weight excluding hydrogens is 182 g/mol. The van der Waals surface area contributed by atoms with Crippen molar-refractivity contribution in [1.82, 2.24) is 5.32 Å². The highest BCUT2D eigenvalue weighted by Gasteiger charge is 2.10. The number of ether oxygens (including phenoxy) is 1. The first kappa shape index (κ1) is 12.9. The first-order valence-electron chi connectivity index (χ1n) is 5.13. The molecule has 0 saturated carbocycles. The summed E-state index contributed by atoms with van der Waals surface area (Å²) in [6, 6.07) is 0. The fraction of sp³-hybridized carbons (Fsp3) is 0.800. The van der Waals surface area contributed by atoms with Crippen LogP contribution in [0.5, 0.6) is 0 Å². The van der Waals surface area contributed by atoms with Gasteiger partial charge in [-0.1, -0.05) is 26.7 Å². The monoisotopic (exact) mass is 201 g/mol. The highest BCUT2D eigenvalue weighted by atomic mass is 16.6. The van der Waals surface area contributed by atoms with Gasteiger partial charge >= 0.3 is 5.97 Å². The Kier molecular flexibility index (Phi) is 7.89. The SMILES string of the molecule is CCCCCC(NC=O)OC(=O)CC. The molecule has 0 spiro atoms. The maximum atomic E-state index is 11.0. The number of rotatable bonds is 8. The van der Waals surface area contributed by atoms with Gasteiger partial charge in [0, 0.05) is 12.8 Å². The standard InChI is InChI=1S/C10H19NO3/c1-3-5-6-7-9(11-8-12)14-10(13)4-2/h8-9H,3-7H2,1-2H3,(H,11,12). The van der Waals surface area contributed by atoms with Gasteiger partial charge in [0.2, 0.25) is 6.41 Å². The van der Waals surface area contributed by atoms with Gasteiger partial charge in [-0.2, -0.15) is 0 Å². The third-order valence-corrected chi connectivity index (χ3v) is 1.89. The van der Waals surface area contributed by atoms with Gasteiger partial charge in [0.15, 0.2) is 6.23 Å². The maximum Gasteiger partial charge on any atom is 0.307 e. The van der Waals surface area contributed by atoms with Crippen LogP contribution in [0.15, 0.2) is 0 Å². The van der Waals surface area contributed by atoms with Gasteiger partial charge in [-0.05, 0) is 6.42 Å². The smallest absolute Gasteiger partial charge is 0.307 e. The van der Waals surface area contributed by atoms with E-state index in [1.807, 2.05) is 0 Å². The van der Waals surface area contributed by atoms with Crippen molar-refractivity contribution in [2.75, 3.05) is 0 Å². The van der Waals surface area contributed by atoms with E-state index in [0.29, 0.717) is 19.3 Å². The molecule has 0 saturated heterocycles. The molecule has 0 fully saturated rings. The van der Waals surface area contributed by atoms with Crippen LogP contribution in [0.2, 0.25) is 0 Å². The van der Waals surface area contributed by atoms with Crippen molar-refractivity contribution in [2.24, 2.45) is 0 Å². The zero-order valence-corrected chi connectivity index (χ0v) is 8.91. The highest BCUT2D eigenvalue weighted by molar-refractivity contribution is 5.69. The molecule has 0 bridgehead atoms. The van der Waals surface area contributed by atoms with E-state index >= 15 is 0 Å². The molecule has 0 aromatic carbocycles. The molecule has 82 valence electrons. The lowest BCUT2D eigenvalue weighted by molar-refractivity contribution is -0.151. The Balaban J connectivity index is 3.76. The Bertz CT molecular complexity index is 171. The van der Waals surface area contributed by atoms with Gasteiger partial charge < -0.3 is 10.1 Å². The van der Waals surface area contributed by atoms with Crippen LogP contribution in [0.4, 0.5) is 0 Å². The molecule has 1 N–H and O–H groups in total. The molecule has 0 aliphatic carbocycles. The number of nitrogens with one attached hydrogen (secondary N) is 1. The molecular formula is C10H19NO3. The minimum atomic E-state index is -0.452. The van der Waals surface area contributed by atoms with Crippen molar-refractivity contribution in [2.45, 2.75) is 52.2 Å². The molecule has 14 heavy (non-hydrogen) atoms. The fourth-order valence-electron chi connectivity index (χ4n) is 1.07. The van der Waals surface area contributed by atoms with Crippen molar-refractivity contribution in [3.63, 3.8) is 0 Å². The second kappa shape index (κ2) is 8.53. The summed E-state index contributed by atoms with van der Waals surface area (Å²) >= 11 is 0. The lowest BCUT2D eigenvalue weighted by Crippen LogP contribution is -2.32. The highest BCUT2D eigenvalue weighted by Crippen LogP contribution is 2.05. The molecule has 0 heterocycles. The Hall–Kier alpha value is -1.06. The lowest BCUT2D eigenvalue weighted by atomic mass is 10.2. The van der Waals surface area contributed by atoms with E-state index in [4.69, 9.17) is 4.74 Å². The summed E-state index contributed by atoms with van der Waals surface area (Å²) in [5.41, 5.74) is 0. The molecule has 0 radical (unpaired) electrons. The van der Waals surface area contributed by atoms with Crippen LogP contribution in [0.1, 0.15) is 46.0 Å². The van der Waals surface area contributed by atoms with Crippen LogP contribution >= 0.6 is 0 Å². The van der Waals surface area contributed by atoms with Crippen LogP contribution in [0, 0.1) is 0 Å². The first-order chi connectivity index (χ1) is 6.74. The molecule has 1 atom stereocenters. The second-order valence-corrected chi connectivity index (χ2v) is 3.11. The van der Waals surface area contributed by atoms with Crippen LogP contribution in [0.25, 0.3) is 0 Å². The molecule has 0 aromatic rings. The van der Waals surface area contributed by atoms with E-state index in [9.17, 15) is 9.59 Å². The van der Waals surface area contributed by atoms with Crippen LogP contribution < -0.4 is 5.32 Å². The molecule has 1 amide bonds. The summed E-state index contributed by atoms with van der Waals surface area (Å²) in [5, 5.41) is 2.48. The van der Waals surface area contributed by atoms with Crippen molar-refractivity contribution in [1.29, 1.82) is 0 Å². The molecule has 0 aliphatic heterocycles. The van der Waals surface area contributed by atoms with Crippen LogP contribution in [-0.4, -0.2) is 18.6 Å². The van der Waals surface area contributed by atoms with Crippen molar-refractivity contribution in [3.8, 4) is 0 Å². The summed E-state index contributed by atoms with van der Waals surface area (Å²) in [7, 11) is 0. The summed E-state index contributed by atoms with van der Waals surface area (Å²) < 4.78 is 5.01. The predicted octanol–water partition coefficient (Wildman–Crippen LogP) is 1.59. The summed E-state index contributed by atoms with van der Waals surface area (Å²) in [4.78, 5) is 21.2. The van der Waals surface area contributed by atoms with Crippen molar-refractivity contribution in [3.05, 3.63) is 0 Å². The largest absolute Gasteiger partial charge is 0.442 e. The van der Waals surface area contributed by atoms with Gasteiger partial charge in [0.25, 0.3) is 0 Å². The van der Waals surface area contributed by atoms with E-state index in [0.717, 1.165) is 19.3 Å². The molecule has 0 aromatic heterocycles. The Morgan fingerprint density at radius 1 is 1.43 bits per heavy atom. The maximum absolute atomic E-state index is 11.0. The number of hydrogen-bond acceptors (Lipinski definition) is 3. The summed E-state index contributed by atoms with van der Waals surface area (Å²) in [6.45, 7) is 3.83. The average Bonchev–Trinajstić information content (AvgIpc) is 2.18. The molecule has 0 rings (SSSR count). The quantitative estimate of drug-likeness (QED) is 0.281. The van der Waals surface area contributed by atoms with E-state index in [2.05, 4.69) is 12.2 Å². The van der Waals surface area contributed by atoms with Crippen molar-refractivity contribution >= 4 is 12.4 Å². The van der Waals surface area contributed by atoms with Gasteiger partial charge in [0.05, 0.1) is 0 Å². The minimum Gasteiger partial charge on any atom is -0.442 e. The number of carbonyl (C=O) groups excluding carboxylic acids is 2. The predicted molar refractivity (Wildman–Crippen MR) is 53.5 cm³/mol. The molecule has 4 heteroatoms. The Morgan fingerprint density at radius 3 is 2.64 bits per heavy atom. The fourth-order valence-corrected chi connectivity index (χ4v) is 1.07. The third-order valence-electron chi connectivity index (χ3n) is 1.89. The Morgan fingerprint density at radius 2 is 2.14 bits per heavy atom. The number of esters is 1. The minimum absolute atomic E-state index is 0.277. The van der Waals surface area contributed by atoms with Gasteiger partial charge in [-0.15, -0.1) is 0 Å². The molecule has 4 nitrogen and oxygen atoms in total. The van der Waals surface area contributed by atoms with Gasteiger partial charge in [-0.3, -0.25) is 9.59 Å². The normalized spacial score (nSPS) is 11.9. The number of carbonyl (C=O) groups is 2. The van der Waals surface area contributed by atoms with E-state index in [1.54, 1.807) is 6.92 Å². The van der Waals surface area contributed by atoms with Crippen LogP contribution in [0.3, 0.4) is 0 Å². The third kappa shape index (κ3) is 6.46. The molecule has 1 unspecified atom stereocenters. The van der Waals surface area contributed by atoms with Crippen LogP contribution in [-0.2, 0) is 14.3 Å². The number of unbranched alkanes of at least 4 members (excludes halogenated alkanes) is 2. The van der Waals surface area contributed by atoms with E-state index in [-0.39, 0.29) is 5.97 Å². The Labute approximate surface area is 85.0 Å². The topological polar surface area (TPSA) is 55.4 Å².